The molecule has 29 valence electrons. The molecule has 0 nitrogen and oxygen atoms in total. The first kappa shape index (κ1) is 34.6. The minimum absolute atomic E-state index is 0. The van der Waals surface area contributed by atoms with Gasteiger partial charge in [0.25, 0.3) is 0 Å². The second-order valence-electron chi connectivity index (χ2n) is 0. The molecule has 0 aromatic heterocycles. The van der Waals surface area contributed by atoms with E-state index in [1.54, 1.807) is 0 Å². The second kappa shape index (κ2) is 63.5. The molecule has 0 aromatic carbocycles. The molecule has 1 radical (unpaired) electrons. The first-order valence-corrected chi connectivity index (χ1v) is 0.408. The maximum Gasteiger partial charge on any atom is 3.00 e. The van der Waals surface area contributed by atoms with Crippen LogP contribution in [0.1, 0.15) is 0 Å². The zero-order chi connectivity index (χ0) is 2.00. The van der Waals surface area contributed by atoms with E-state index in [2.05, 4.69) is 13.2 Å². The third kappa shape index (κ3) is 36.9. The van der Waals surface area contributed by atoms with E-state index < -0.39 is 0 Å². The van der Waals surface area contributed by atoms with Crippen molar-refractivity contribution in [3.8, 4) is 0 Å². The summed E-state index contributed by atoms with van der Waals surface area (Å²) < 4.78 is 0. The molecule has 5 heavy (non-hydrogen) atoms. The predicted octanol–water partition coefficient (Wildman–Crippen LogP) is -5.39. The molecule has 0 amide bonds. The van der Waals surface area contributed by atoms with E-state index >= 15 is 0 Å². The fourth-order valence-corrected chi connectivity index (χ4v) is 0. The van der Waals surface area contributed by atoms with Gasteiger partial charge in [-0.3, -0.25) is 6.58 Å². The van der Waals surface area contributed by atoms with Gasteiger partial charge in [-0.05, 0) is 0 Å². The van der Waals surface area contributed by atoms with Crippen LogP contribution in [0.2, 0.25) is 0 Å². The molecule has 0 aromatic rings. The molecule has 0 rings (SSSR count). The number of halogens is 2. The normalized spacial score (nSPS) is 0.800. The first-order valence-electron chi connectivity index (χ1n) is 0.408. The average Bonchev–Trinajstić information content (AvgIpc) is 1.00. The summed E-state index contributed by atoms with van der Waals surface area (Å²) in [5, 5.41) is 0. The maximum absolute atomic E-state index is 4.25. The van der Waals surface area contributed by atoms with E-state index in [0.29, 0.717) is 0 Å². The van der Waals surface area contributed by atoms with Crippen molar-refractivity contribution in [2.45, 2.75) is 0 Å². The summed E-state index contributed by atoms with van der Waals surface area (Å²) in [4.78, 5) is 0. The zero-order valence-electron chi connectivity index (χ0n) is 2.54. The fourth-order valence-electron chi connectivity index (χ4n) is 0. The van der Waals surface area contributed by atoms with Crippen LogP contribution < -0.4 is 24.8 Å². The van der Waals surface area contributed by atoms with E-state index in [0.717, 1.165) is 0 Å². The summed E-state index contributed by atoms with van der Waals surface area (Å²) in [7, 11) is 0. The molecule has 0 spiro atoms. The Kier molecular flexibility index (Phi) is 439. The molecular formula is C2H3Cl2Zr. The summed E-state index contributed by atoms with van der Waals surface area (Å²) in [5.74, 6) is 0. The summed E-state index contributed by atoms with van der Waals surface area (Å²) in [6.45, 7) is 7.00. The van der Waals surface area contributed by atoms with Crippen molar-refractivity contribution in [1.29, 1.82) is 0 Å². The van der Waals surface area contributed by atoms with Crippen LogP contribution in [-0.4, -0.2) is 0 Å². The number of hydrogen-bond donors (Lipinski definition) is 0. The van der Waals surface area contributed by atoms with Crippen LogP contribution >= 0.6 is 0 Å². The van der Waals surface area contributed by atoms with E-state index in [1.807, 2.05) is 0 Å². The van der Waals surface area contributed by atoms with Crippen LogP contribution in [0.5, 0.6) is 0 Å². The molecule has 3 heteroatoms. The molecular weight excluding hydrogens is 186 g/mol. The third-order valence-corrected chi connectivity index (χ3v) is 0. The molecule has 0 heterocycles. The molecule has 0 N–H and O–H groups in total. The smallest absolute Gasteiger partial charge is 1.00 e. The first-order chi connectivity index (χ1) is 1.00. The zero-order valence-corrected chi connectivity index (χ0v) is 6.51. The van der Waals surface area contributed by atoms with Crippen LogP contribution in [0, 0.1) is 6.58 Å². The molecule has 0 bridgehead atoms. The third-order valence-electron chi connectivity index (χ3n) is 0. The Morgan fingerprint density at radius 3 is 1.00 bits per heavy atom. The fraction of sp³-hybridized carbons (Fsp3) is 0. The van der Waals surface area contributed by atoms with Gasteiger partial charge in [-0.25, -0.2) is 0 Å². The van der Waals surface area contributed by atoms with Gasteiger partial charge in [0.1, 0.15) is 0 Å². The van der Waals surface area contributed by atoms with Crippen LogP contribution in [0.4, 0.5) is 0 Å². The Hall–Kier alpha value is 1.20. The van der Waals surface area contributed by atoms with Crippen molar-refractivity contribution in [2.24, 2.45) is 0 Å². The maximum atomic E-state index is 4.25. The van der Waals surface area contributed by atoms with Crippen molar-refractivity contribution in [3.05, 3.63) is 13.2 Å². The van der Waals surface area contributed by atoms with Gasteiger partial charge in [0.05, 0.1) is 0 Å². The van der Waals surface area contributed by atoms with Gasteiger partial charge in [-0.1, -0.05) is 0 Å². The molecule has 0 aliphatic heterocycles. The molecule has 0 aliphatic carbocycles. The van der Waals surface area contributed by atoms with E-state index in [4.69, 9.17) is 0 Å². The van der Waals surface area contributed by atoms with Crippen molar-refractivity contribution in [3.63, 3.8) is 0 Å². The summed E-state index contributed by atoms with van der Waals surface area (Å²) in [6, 6.07) is 0. The van der Waals surface area contributed by atoms with Crippen LogP contribution in [0.25, 0.3) is 0 Å². The molecule has 0 saturated heterocycles. The molecule has 0 aliphatic rings. The largest absolute Gasteiger partial charge is 3.00 e. The minimum atomic E-state index is 0. The molecule has 0 atom stereocenters. The van der Waals surface area contributed by atoms with Gasteiger partial charge in [0.2, 0.25) is 0 Å². The standard InChI is InChI=1S/C2H3.2ClH.Zr/c1-2;;;/h1H,2H2;2*1H;/q-1;;;+3/p-2. The van der Waals surface area contributed by atoms with Crippen LogP contribution in [0.3, 0.4) is 0 Å². The van der Waals surface area contributed by atoms with Gasteiger partial charge >= 0.3 is 26.2 Å². The van der Waals surface area contributed by atoms with Crippen LogP contribution in [-0.2, 0) is 26.2 Å². The van der Waals surface area contributed by atoms with Gasteiger partial charge in [0.15, 0.2) is 0 Å². The van der Waals surface area contributed by atoms with Crippen molar-refractivity contribution in [2.75, 3.05) is 0 Å². The van der Waals surface area contributed by atoms with Crippen molar-refractivity contribution < 1.29 is 51.0 Å². The Morgan fingerprint density at radius 2 is 1.00 bits per heavy atom. The topological polar surface area (TPSA) is 0 Å². The Bertz CT molecular complexity index is 7.61. The summed E-state index contributed by atoms with van der Waals surface area (Å²) in [6.07, 6.45) is 0. The Morgan fingerprint density at radius 1 is 1.00 bits per heavy atom. The van der Waals surface area contributed by atoms with E-state index in [1.165, 1.54) is 0 Å². The van der Waals surface area contributed by atoms with Crippen molar-refractivity contribution >= 4 is 0 Å². The minimum Gasteiger partial charge on any atom is -1.00 e. The Labute approximate surface area is 64.0 Å². The summed E-state index contributed by atoms with van der Waals surface area (Å²) >= 11 is 0. The average molecular weight is 189 g/mol. The molecule has 0 unspecified atom stereocenters. The predicted molar refractivity (Wildman–Crippen MR) is 9.93 cm³/mol. The van der Waals surface area contributed by atoms with Gasteiger partial charge in [0, 0.05) is 0 Å². The van der Waals surface area contributed by atoms with Gasteiger partial charge in [-0.2, -0.15) is 0 Å². The number of rotatable bonds is 0. The monoisotopic (exact) mass is 187 g/mol. The molecule has 0 fully saturated rings. The van der Waals surface area contributed by atoms with Crippen LogP contribution in [0.15, 0.2) is 6.58 Å². The number of hydrogen-bond acceptors (Lipinski definition) is 0. The Balaban J connectivity index is -0.00000000167. The van der Waals surface area contributed by atoms with Gasteiger partial charge in [-0.15, -0.1) is 0 Å². The molecule has 0 saturated carbocycles. The van der Waals surface area contributed by atoms with E-state index in [9.17, 15) is 0 Å². The quantitative estimate of drug-likeness (QED) is 0.334. The van der Waals surface area contributed by atoms with Crippen molar-refractivity contribution in [1.82, 2.24) is 0 Å². The van der Waals surface area contributed by atoms with E-state index in [-0.39, 0.29) is 51.0 Å². The second-order valence-corrected chi connectivity index (χ2v) is 0. The summed E-state index contributed by atoms with van der Waals surface area (Å²) in [5.41, 5.74) is 0. The van der Waals surface area contributed by atoms with Gasteiger partial charge < -0.3 is 31.4 Å². The SMILES string of the molecule is [CH-]=C.[Cl-].[Cl-].[Zr+3].